The van der Waals surface area contributed by atoms with Crippen LogP contribution in [0.2, 0.25) is 0 Å². The van der Waals surface area contributed by atoms with Crippen LogP contribution in [0.25, 0.3) is 11.3 Å². The Morgan fingerprint density at radius 3 is 2.62 bits per heavy atom. The molecular weight excluding hydrogens is 225 g/mol. The maximum absolute atomic E-state index is 13.3. The van der Waals surface area contributed by atoms with Gasteiger partial charge in [0.25, 0.3) is 0 Å². The van der Waals surface area contributed by atoms with Crippen LogP contribution in [0.4, 0.5) is 4.39 Å². The molecule has 1 aromatic heterocycles. The summed E-state index contributed by atoms with van der Waals surface area (Å²) < 4.78 is 18.7. The molecule has 0 atom stereocenters. The van der Waals surface area contributed by atoms with Crippen LogP contribution in [0, 0.1) is 19.7 Å². The second kappa shape index (κ2) is 4.29. The van der Waals surface area contributed by atoms with Gasteiger partial charge in [-0.2, -0.15) is 0 Å². The SMILES string of the molecule is CSc1cc(-c2nc(C)oc2C)ccc1F. The minimum Gasteiger partial charge on any atom is -0.446 e. The molecule has 0 saturated carbocycles. The third-order valence-electron chi connectivity index (χ3n) is 2.33. The average Bonchev–Trinajstić information content (AvgIpc) is 2.59. The Bertz CT molecular complexity index is 522. The zero-order chi connectivity index (χ0) is 11.7. The maximum atomic E-state index is 13.3. The monoisotopic (exact) mass is 237 g/mol. The van der Waals surface area contributed by atoms with E-state index in [1.165, 1.54) is 17.8 Å². The number of thioether (sulfide) groups is 1. The summed E-state index contributed by atoms with van der Waals surface area (Å²) in [6.45, 7) is 3.66. The Morgan fingerprint density at radius 1 is 1.31 bits per heavy atom. The summed E-state index contributed by atoms with van der Waals surface area (Å²) in [5, 5.41) is 0. The molecule has 2 aromatic rings. The molecule has 84 valence electrons. The van der Waals surface area contributed by atoms with Crippen molar-refractivity contribution >= 4 is 11.8 Å². The molecule has 4 heteroatoms. The van der Waals surface area contributed by atoms with Gasteiger partial charge in [-0.15, -0.1) is 11.8 Å². The van der Waals surface area contributed by atoms with Crippen molar-refractivity contribution in [1.29, 1.82) is 0 Å². The van der Waals surface area contributed by atoms with Crippen molar-refractivity contribution < 1.29 is 8.81 Å². The van der Waals surface area contributed by atoms with Crippen molar-refractivity contribution in [2.75, 3.05) is 6.26 Å². The number of halogens is 1. The number of oxazole rings is 1. The standard InChI is InChI=1S/C12H12FNOS/c1-7-12(14-8(2)15-7)9-4-5-10(13)11(6-9)16-3/h4-6H,1-3H3. The lowest BCUT2D eigenvalue weighted by Crippen LogP contribution is -1.85. The molecule has 1 heterocycles. The quantitative estimate of drug-likeness (QED) is 0.743. The Hall–Kier alpha value is -1.29. The van der Waals surface area contributed by atoms with Gasteiger partial charge in [-0.05, 0) is 31.4 Å². The van der Waals surface area contributed by atoms with Crippen LogP contribution < -0.4 is 0 Å². The zero-order valence-corrected chi connectivity index (χ0v) is 10.2. The van der Waals surface area contributed by atoms with E-state index in [1.54, 1.807) is 19.1 Å². The van der Waals surface area contributed by atoms with E-state index in [4.69, 9.17) is 4.42 Å². The largest absolute Gasteiger partial charge is 0.446 e. The van der Waals surface area contributed by atoms with Crippen LogP contribution >= 0.6 is 11.8 Å². The van der Waals surface area contributed by atoms with Crippen molar-refractivity contribution in [3.05, 3.63) is 35.7 Å². The van der Waals surface area contributed by atoms with E-state index in [1.807, 2.05) is 13.2 Å². The molecule has 0 aliphatic heterocycles. The summed E-state index contributed by atoms with van der Waals surface area (Å²) >= 11 is 1.38. The summed E-state index contributed by atoms with van der Waals surface area (Å²) in [7, 11) is 0. The van der Waals surface area contributed by atoms with Crippen LogP contribution in [0.15, 0.2) is 27.5 Å². The Labute approximate surface area is 97.9 Å². The zero-order valence-electron chi connectivity index (χ0n) is 9.37. The number of nitrogens with zero attached hydrogens (tertiary/aromatic N) is 1. The molecule has 0 fully saturated rings. The van der Waals surface area contributed by atoms with Crippen LogP contribution in [0.3, 0.4) is 0 Å². The van der Waals surface area contributed by atoms with E-state index in [0.29, 0.717) is 10.8 Å². The fourth-order valence-electron chi connectivity index (χ4n) is 1.60. The minimum atomic E-state index is -0.200. The highest BCUT2D eigenvalue weighted by molar-refractivity contribution is 7.98. The van der Waals surface area contributed by atoms with Crippen LogP contribution in [0.1, 0.15) is 11.7 Å². The van der Waals surface area contributed by atoms with Gasteiger partial charge in [-0.25, -0.2) is 9.37 Å². The first-order chi connectivity index (χ1) is 7.61. The van der Waals surface area contributed by atoms with Crippen molar-refractivity contribution in [1.82, 2.24) is 4.98 Å². The van der Waals surface area contributed by atoms with E-state index in [2.05, 4.69) is 4.98 Å². The predicted octanol–water partition coefficient (Wildman–Crippen LogP) is 3.82. The Balaban J connectivity index is 2.52. The van der Waals surface area contributed by atoms with Gasteiger partial charge in [-0.1, -0.05) is 0 Å². The van der Waals surface area contributed by atoms with E-state index >= 15 is 0 Å². The molecule has 0 spiro atoms. The van der Waals surface area contributed by atoms with Crippen LogP contribution in [0.5, 0.6) is 0 Å². The fraction of sp³-hybridized carbons (Fsp3) is 0.250. The van der Waals surface area contributed by atoms with Gasteiger partial charge in [0, 0.05) is 17.4 Å². The molecule has 0 bridgehead atoms. The fourth-order valence-corrected chi connectivity index (χ4v) is 2.11. The Kier molecular flexibility index (Phi) is 3.01. The van der Waals surface area contributed by atoms with Crippen molar-refractivity contribution in [3.8, 4) is 11.3 Å². The maximum Gasteiger partial charge on any atom is 0.191 e. The Morgan fingerprint density at radius 2 is 2.06 bits per heavy atom. The molecule has 16 heavy (non-hydrogen) atoms. The van der Waals surface area contributed by atoms with E-state index < -0.39 is 0 Å². The molecular formula is C12H12FNOS. The highest BCUT2D eigenvalue weighted by Gasteiger charge is 2.11. The average molecular weight is 237 g/mol. The topological polar surface area (TPSA) is 26.0 Å². The van der Waals surface area contributed by atoms with Gasteiger partial charge in [-0.3, -0.25) is 0 Å². The molecule has 0 aliphatic carbocycles. The lowest BCUT2D eigenvalue weighted by atomic mass is 10.1. The summed E-state index contributed by atoms with van der Waals surface area (Å²) in [5.41, 5.74) is 1.67. The first kappa shape index (κ1) is 11.2. The lowest BCUT2D eigenvalue weighted by molar-refractivity contribution is 0.495. The second-order valence-electron chi connectivity index (χ2n) is 3.49. The number of rotatable bonds is 2. The van der Waals surface area contributed by atoms with E-state index in [-0.39, 0.29) is 5.82 Å². The van der Waals surface area contributed by atoms with E-state index in [0.717, 1.165) is 17.0 Å². The molecule has 2 nitrogen and oxygen atoms in total. The third kappa shape index (κ3) is 1.97. The highest BCUT2D eigenvalue weighted by Crippen LogP contribution is 2.28. The van der Waals surface area contributed by atoms with Gasteiger partial charge in [0.2, 0.25) is 0 Å². The van der Waals surface area contributed by atoms with Crippen molar-refractivity contribution in [2.45, 2.75) is 18.7 Å². The number of hydrogen-bond donors (Lipinski definition) is 0. The summed E-state index contributed by atoms with van der Waals surface area (Å²) in [6, 6.07) is 4.98. The van der Waals surface area contributed by atoms with Gasteiger partial charge in [0.05, 0.1) is 0 Å². The van der Waals surface area contributed by atoms with Gasteiger partial charge >= 0.3 is 0 Å². The number of aryl methyl sites for hydroxylation is 2. The van der Waals surface area contributed by atoms with Crippen LogP contribution in [-0.4, -0.2) is 11.2 Å². The molecule has 0 N–H and O–H groups in total. The van der Waals surface area contributed by atoms with Crippen LogP contribution in [-0.2, 0) is 0 Å². The number of benzene rings is 1. The van der Waals surface area contributed by atoms with Gasteiger partial charge in [0.1, 0.15) is 17.3 Å². The summed E-state index contributed by atoms with van der Waals surface area (Å²) in [6.07, 6.45) is 1.85. The van der Waals surface area contributed by atoms with Crippen molar-refractivity contribution in [3.63, 3.8) is 0 Å². The van der Waals surface area contributed by atoms with Gasteiger partial charge in [0.15, 0.2) is 5.89 Å². The summed E-state index contributed by atoms with van der Waals surface area (Å²) in [4.78, 5) is 4.91. The van der Waals surface area contributed by atoms with E-state index in [9.17, 15) is 4.39 Å². The van der Waals surface area contributed by atoms with Crippen molar-refractivity contribution in [2.24, 2.45) is 0 Å². The molecule has 2 rings (SSSR count). The third-order valence-corrected chi connectivity index (χ3v) is 3.08. The van der Waals surface area contributed by atoms with Gasteiger partial charge < -0.3 is 4.42 Å². The summed E-state index contributed by atoms with van der Waals surface area (Å²) in [5.74, 6) is 1.19. The molecule has 1 aromatic carbocycles. The molecule has 0 amide bonds. The number of aromatic nitrogens is 1. The lowest BCUT2D eigenvalue weighted by Gasteiger charge is -2.02. The molecule has 0 saturated heterocycles. The normalized spacial score (nSPS) is 10.8. The second-order valence-corrected chi connectivity index (χ2v) is 4.34. The molecule has 0 aliphatic rings. The smallest absolute Gasteiger partial charge is 0.191 e. The molecule has 0 radical (unpaired) electrons. The number of hydrogen-bond acceptors (Lipinski definition) is 3. The highest BCUT2D eigenvalue weighted by atomic mass is 32.2. The first-order valence-corrected chi connectivity index (χ1v) is 6.12. The minimum absolute atomic E-state index is 0.200. The predicted molar refractivity (Wildman–Crippen MR) is 63.2 cm³/mol. The molecule has 0 unspecified atom stereocenters. The first-order valence-electron chi connectivity index (χ1n) is 4.89.